The van der Waals surface area contributed by atoms with Gasteiger partial charge in [-0.3, -0.25) is 0 Å². The van der Waals surface area contributed by atoms with Crippen LogP contribution in [0, 0.1) is 10.1 Å². The normalized spacial score (nSPS) is 17.5. The number of thiazole rings is 1. The van der Waals surface area contributed by atoms with Gasteiger partial charge in [0.2, 0.25) is 5.82 Å². The van der Waals surface area contributed by atoms with E-state index in [2.05, 4.69) is 23.7 Å². The number of imidazole rings is 1. The molecule has 1 aliphatic heterocycles. The van der Waals surface area contributed by atoms with Gasteiger partial charge in [0, 0.05) is 37.6 Å². The number of nitrogens with zero attached hydrogens (tertiary/aromatic N) is 5. The maximum atomic E-state index is 11.4. The monoisotopic (exact) mass is 323 g/mol. The second kappa shape index (κ2) is 5.85. The third-order valence-corrected chi connectivity index (χ3v) is 5.26. The van der Waals surface area contributed by atoms with Crippen LogP contribution in [0.1, 0.15) is 26.7 Å². The molecular weight excluding hydrogens is 302 g/mol. The van der Waals surface area contributed by atoms with Gasteiger partial charge >= 0.3 is 5.82 Å². The average molecular weight is 323 g/mol. The Hall–Kier alpha value is -1.67. The Balaban J connectivity index is 1.84. The van der Waals surface area contributed by atoms with Crippen LogP contribution in [0.3, 0.4) is 0 Å². The largest absolute Gasteiger partial charge is 0.373 e. The fourth-order valence-electron chi connectivity index (χ4n) is 3.13. The van der Waals surface area contributed by atoms with Crippen LogP contribution in [0.15, 0.2) is 11.6 Å². The Morgan fingerprint density at radius 3 is 2.73 bits per heavy atom. The molecule has 3 rings (SSSR count). The summed E-state index contributed by atoms with van der Waals surface area (Å²) in [5.74, 6) is 0.560. The summed E-state index contributed by atoms with van der Waals surface area (Å²) < 4.78 is 1.57. The summed E-state index contributed by atoms with van der Waals surface area (Å²) in [6.45, 7) is 6.47. The molecule has 2 aromatic rings. The van der Waals surface area contributed by atoms with Crippen molar-refractivity contribution in [3.8, 4) is 0 Å². The van der Waals surface area contributed by atoms with Crippen LogP contribution >= 0.6 is 11.3 Å². The molecule has 0 unspecified atom stereocenters. The van der Waals surface area contributed by atoms with Crippen molar-refractivity contribution in [2.45, 2.75) is 38.8 Å². The standard InChI is InChI=1S/C14H21N5O2S/c1-10(2)17-6-4-11(5-7-17)16(3)12-13(19(20)21)18-8-9-22-14(18)15-12/h8-11H,4-7H2,1-3H3. The highest BCUT2D eigenvalue weighted by molar-refractivity contribution is 7.15. The lowest BCUT2D eigenvalue weighted by molar-refractivity contribution is -0.389. The lowest BCUT2D eigenvalue weighted by atomic mass is 10.0. The number of piperidine rings is 1. The molecule has 7 nitrogen and oxygen atoms in total. The highest BCUT2D eigenvalue weighted by atomic mass is 32.1. The van der Waals surface area contributed by atoms with Crippen molar-refractivity contribution < 1.29 is 4.92 Å². The lowest BCUT2D eigenvalue weighted by Crippen LogP contribution is -2.46. The van der Waals surface area contributed by atoms with E-state index in [1.54, 1.807) is 10.6 Å². The first kappa shape index (κ1) is 15.2. The quantitative estimate of drug-likeness (QED) is 0.639. The number of aromatic nitrogens is 2. The van der Waals surface area contributed by atoms with Crippen LogP contribution in [-0.4, -0.2) is 51.4 Å². The molecule has 0 bridgehead atoms. The van der Waals surface area contributed by atoms with Gasteiger partial charge in [0.1, 0.15) is 6.20 Å². The molecule has 8 heteroatoms. The number of nitro groups is 1. The van der Waals surface area contributed by atoms with E-state index in [-0.39, 0.29) is 10.7 Å². The number of anilines is 1. The molecule has 0 saturated carbocycles. The third-order valence-electron chi connectivity index (χ3n) is 4.50. The molecule has 0 atom stereocenters. The zero-order valence-corrected chi connectivity index (χ0v) is 13.9. The molecule has 1 saturated heterocycles. The molecule has 120 valence electrons. The first-order valence-corrected chi connectivity index (χ1v) is 8.44. The summed E-state index contributed by atoms with van der Waals surface area (Å²) in [6, 6.07) is 0.858. The molecule has 0 aliphatic carbocycles. The minimum Gasteiger partial charge on any atom is -0.358 e. The molecule has 0 amide bonds. The Kier molecular flexibility index (Phi) is 4.05. The summed E-state index contributed by atoms with van der Waals surface area (Å²) in [7, 11) is 1.93. The van der Waals surface area contributed by atoms with E-state index < -0.39 is 0 Å². The molecule has 22 heavy (non-hydrogen) atoms. The fourth-order valence-corrected chi connectivity index (χ4v) is 3.84. The smallest absolute Gasteiger partial charge is 0.358 e. The van der Waals surface area contributed by atoms with Gasteiger partial charge in [-0.15, -0.1) is 0 Å². The maximum absolute atomic E-state index is 11.4. The van der Waals surface area contributed by atoms with Gasteiger partial charge in [-0.05, 0) is 31.6 Å². The van der Waals surface area contributed by atoms with E-state index in [4.69, 9.17) is 0 Å². The Morgan fingerprint density at radius 1 is 1.45 bits per heavy atom. The van der Waals surface area contributed by atoms with Crippen LogP contribution in [0.2, 0.25) is 0 Å². The minimum absolute atomic E-state index is 0.0741. The fraction of sp³-hybridized carbons (Fsp3) is 0.643. The van der Waals surface area contributed by atoms with Gasteiger partial charge in [-0.2, -0.15) is 9.38 Å². The number of likely N-dealkylation sites (tertiary alicyclic amines) is 1. The third kappa shape index (κ3) is 2.56. The van der Waals surface area contributed by atoms with Crippen LogP contribution in [0.5, 0.6) is 0 Å². The van der Waals surface area contributed by atoms with Gasteiger partial charge in [-0.25, -0.2) is 0 Å². The van der Waals surface area contributed by atoms with Gasteiger partial charge in [0.05, 0.1) is 0 Å². The van der Waals surface area contributed by atoms with Crippen LogP contribution in [-0.2, 0) is 0 Å². The van der Waals surface area contributed by atoms with E-state index in [0.717, 1.165) is 25.9 Å². The first-order chi connectivity index (χ1) is 10.5. The molecule has 0 N–H and O–H groups in total. The van der Waals surface area contributed by atoms with Crippen molar-refractivity contribution in [1.29, 1.82) is 0 Å². The minimum atomic E-state index is -0.332. The SMILES string of the molecule is CC(C)N1CCC(N(C)c2nc3sccn3c2[N+](=O)[O-])CC1. The van der Waals surface area contributed by atoms with E-state index in [9.17, 15) is 10.1 Å². The van der Waals surface area contributed by atoms with Crippen molar-refractivity contribution in [1.82, 2.24) is 14.3 Å². The van der Waals surface area contributed by atoms with Crippen LogP contribution in [0.25, 0.3) is 4.96 Å². The van der Waals surface area contributed by atoms with E-state index in [1.807, 2.05) is 17.3 Å². The van der Waals surface area contributed by atoms with Gasteiger partial charge < -0.3 is 19.9 Å². The van der Waals surface area contributed by atoms with E-state index in [1.165, 1.54) is 11.3 Å². The molecule has 2 aromatic heterocycles. The van der Waals surface area contributed by atoms with Crippen molar-refractivity contribution in [2.24, 2.45) is 0 Å². The molecule has 3 heterocycles. The van der Waals surface area contributed by atoms with Gasteiger partial charge in [0.25, 0.3) is 4.96 Å². The summed E-state index contributed by atoms with van der Waals surface area (Å²) >= 11 is 1.42. The average Bonchev–Trinajstić information content (AvgIpc) is 3.06. The second-order valence-electron chi connectivity index (χ2n) is 6.04. The predicted octanol–water partition coefficient (Wildman–Crippen LogP) is 2.61. The van der Waals surface area contributed by atoms with Crippen molar-refractivity contribution >= 4 is 27.9 Å². The van der Waals surface area contributed by atoms with Crippen molar-refractivity contribution in [3.63, 3.8) is 0 Å². The zero-order chi connectivity index (χ0) is 15.9. The van der Waals surface area contributed by atoms with Crippen LogP contribution < -0.4 is 4.90 Å². The first-order valence-electron chi connectivity index (χ1n) is 7.56. The number of fused-ring (bicyclic) bond motifs is 1. The number of hydrogen-bond acceptors (Lipinski definition) is 6. The Morgan fingerprint density at radius 2 is 2.14 bits per heavy atom. The van der Waals surface area contributed by atoms with E-state index in [0.29, 0.717) is 22.9 Å². The van der Waals surface area contributed by atoms with Crippen molar-refractivity contribution in [3.05, 3.63) is 21.7 Å². The molecule has 0 aromatic carbocycles. The molecule has 1 fully saturated rings. The summed E-state index contributed by atoms with van der Waals surface area (Å²) in [5.41, 5.74) is 0. The van der Waals surface area contributed by atoms with Crippen molar-refractivity contribution in [2.75, 3.05) is 25.0 Å². The summed E-state index contributed by atoms with van der Waals surface area (Å²) in [5, 5.41) is 13.3. The second-order valence-corrected chi connectivity index (χ2v) is 6.92. The Labute approximate surface area is 133 Å². The number of hydrogen-bond donors (Lipinski definition) is 0. The molecule has 0 radical (unpaired) electrons. The number of rotatable bonds is 4. The van der Waals surface area contributed by atoms with Gasteiger partial charge in [-0.1, -0.05) is 11.3 Å². The topological polar surface area (TPSA) is 66.9 Å². The summed E-state index contributed by atoms with van der Waals surface area (Å²) in [6.07, 6.45) is 3.73. The zero-order valence-electron chi connectivity index (χ0n) is 13.1. The molecule has 0 spiro atoms. The Bertz CT molecular complexity index is 672. The highest BCUT2D eigenvalue weighted by Crippen LogP contribution is 2.33. The maximum Gasteiger partial charge on any atom is 0.373 e. The predicted molar refractivity (Wildman–Crippen MR) is 87.9 cm³/mol. The molecular formula is C14H21N5O2S. The van der Waals surface area contributed by atoms with Crippen LogP contribution in [0.4, 0.5) is 11.6 Å². The van der Waals surface area contributed by atoms with E-state index >= 15 is 0 Å². The van der Waals surface area contributed by atoms with Gasteiger partial charge in [0.15, 0.2) is 0 Å². The lowest BCUT2D eigenvalue weighted by Gasteiger charge is -2.38. The molecule has 1 aliphatic rings. The summed E-state index contributed by atoms with van der Waals surface area (Å²) in [4.78, 5) is 20.7. The highest BCUT2D eigenvalue weighted by Gasteiger charge is 2.31.